The molecule has 5 rings (SSSR count). The summed E-state index contributed by atoms with van der Waals surface area (Å²) in [7, 11) is 1.82. The second-order valence-electron chi connectivity index (χ2n) is 7.72. The Morgan fingerprint density at radius 2 is 1.97 bits per heavy atom. The summed E-state index contributed by atoms with van der Waals surface area (Å²) in [5, 5.41) is 4.62. The number of fused-ring (bicyclic) bond motifs is 1. The topological polar surface area (TPSA) is 52.0 Å². The third-order valence-electron chi connectivity index (χ3n) is 5.65. The van der Waals surface area contributed by atoms with Crippen molar-refractivity contribution in [2.45, 2.75) is 25.4 Å². The summed E-state index contributed by atoms with van der Waals surface area (Å²) < 4.78 is 24.4. The second-order valence-corrected chi connectivity index (χ2v) is 8.09. The van der Waals surface area contributed by atoms with Gasteiger partial charge in [-0.3, -0.25) is 4.90 Å². The zero-order chi connectivity index (χ0) is 20.7. The highest BCUT2D eigenvalue weighted by molar-refractivity contribution is 7.71. The molecule has 30 heavy (non-hydrogen) atoms. The Morgan fingerprint density at radius 1 is 1.17 bits per heavy atom. The van der Waals surface area contributed by atoms with Crippen LogP contribution in [0.2, 0.25) is 0 Å². The first kappa shape index (κ1) is 19.1. The van der Waals surface area contributed by atoms with E-state index in [1.54, 1.807) is 27.4 Å². The van der Waals surface area contributed by atoms with E-state index in [2.05, 4.69) is 15.0 Å². The fourth-order valence-electron chi connectivity index (χ4n) is 4.10. The van der Waals surface area contributed by atoms with Crippen LogP contribution in [0.25, 0.3) is 22.5 Å². The van der Waals surface area contributed by atoms with Crippen LogP contribution in [-0.2, 0) is 13.7 Å². The lowest BCUT2D eigenvalue weighted by atomic mass is 9.98. The minimum atomic E-state index is -0.304. The zero-order valence-corrected chi connectivity index (χ0v) is 17.5. The van der Waals surface area contributed by atoms with Crippen LogP contribution < -0.4 is 0 Å². The number of nitrogens with zero attached hydrogens (tertiary/aromatic N) is 5. The van der Waals surface area contributed by atoms with Crippen LogP contribution in [0.1, 0.15) is 24.7 Å². The molecule has 3 heterocycles. The first-order valence-electron chi connectivity index (χ1n) is 10.1. The number of piperidine rings is 1. The maximum atomic E-state index is 14.3. The fourth-order valence-corrected chi connectivity index (χ4v) is 4.28. The Morgan fingerprint density at radius 3 is 2.80 bits per heavy atom. The molecule has 0 aliphatic carbocycles. The van der Waals surface area contributed by atoms with Crippen molar-refractivity contribution in [3.8, 4) is 11.4 Å². The van der Waals surface area contributed by atoms with E-state index in [-0.39, 0.29) is 11.7 Å². The second kappa shape index (κ2) is 7.77. The molecule has 0 bridgehead atoms. The highest BCUT2D eigenvalue weighted by atomic mass is 32.1. The third-order valence-corrected chi connectivity index (χ3v) is 6.14. The van der Waals surface area contributed by atoms with Crippen molar-refractivity contribution in [3.63, 3.8) is 0 Å². The van der Waals surface area contributed by atoms with E-state index in [1.807, 2.05) is 31.3 Å². The molecule has 1 aliphatic rings. The number of rotatable bonds is 4. The molecule has 0 saturated carbocycles. The van der Waals surface area contributed by atoms with Crippen LogP contribution in [0.5, 0.6) is 0 Å². The predicted octanol–water partition coefficient (Wildman–Crippen LogP) is 4.74. The summed E-state index contributed by atoms with van der Waals surface area (Å²) in [5.41, 5.74) is 2.17. The van der Waals surface area contributed by atoms with Crippen LogP contribution in [-0.4, -0.2) is 37.3 Å². The predicted molar refractivity (Wildman–Crippen MR) is 115 cm³/mol. The summed E-state index contributed by atoms with van der Waals surface area (Å²) in [5.74, 6) is 1.25. The Balaban J connectivity index is 1.37. The van der Waals surface area contributed by atoms with Gasteiger partial charge in [-0.25, -0.2) is 14.1 Å². The normalized spacial score (nSPS) is 17.6. The van der Waals surface area contributed by atoms with Crippen LogP contribution in [0, 0.1) is 10.6 Å². The lowest BCUT2D eigenvalue weighted by molar-refractivity contribution is 0.147. The minimum absolute atomic E-state index is 0.232. The van der Waals surface area contributed by atoms with E-state index < -0.39 is 0 Å². The Kier molecular flexibility index (Phi) is 4.96. The smallest absolute Gasteiger partial charge is 0.199 e. The summed E-state index contributed by atoms with van der Waals surface area (Å²) in [6, 6.07) is 14.5. The maximum absolute atomic E-state index is 14.3. The molecule has 2 aromatic carbocycles. The van der Waals surface area contributed by atoms with Gasteiger partial charge in [0.25, 0.3) is 0 Å². The molecule has 0 radical (unpaired) electrons. The molecule has 154 valence electrons. The number of aromatic nitrogens is 4. The third kappa shape index (κ3) is 3.46. The number of benzene rings is 2. The van der Waals surface area contributed by atoms with Crippen molar-refractivity contribution in [2.75, 3.05) is 13.1 Å². The van der Waals surface area contributed by atoms with Gasteiger partial charge < -0.3 is 8.98 Å². The van der Waals surface area contributed by atoms with Crippen molar-refractivity contribution in [3.05, 3.63) is 65.0 Å². The van der Waals surface area contributed by atoms with Crippen LogP contribution >= 0.6 is 12.2 Å². The maximum Gasteiger partial charge on any atom is 0.199 e. The minimum Gasteiger partial charge on any atom is -0.440 e. The first-order valence-corrected chi connectivity index (χ1v) is 10.5. The van der Waals surface area contributed by atoms with Gasteiger partial charge in [-0.05, 0) is 55.9 Å². The van der Waals surface area contributed by atoms with Crippen LogP contribution in [0.4, 0.5) is 4.39 Å². The van der Waals surface area contributed by atoms with Crippen molar-refractivity contribution in [1.29, 1.82) is 0 Å². The molecule has 1 aliphatic heterocycles. The van der Waals surface area contributed by atoms with Gasteiger partial charge in [0.05, 0.1) is 12.2 Å². The molecule has 8 heteroatoms. The summed E-state index contributed by atoms with van der Waals surface area (Å²) in [6.07, 6.45) is 2.08. The zero-order valence-electron chi connectivity index (χ0n) is 16.7. The Labute approximate surface area is 178 Å². The number of likely N-dealkylation sites (tertiary alicyclic amines) is 1. The van der Waals surface area contributed by atoms with Crippen molar-refractivity contribution in [2.24, 2.45) is 7.05 Å². The molecule has 0 N–H and O–H groups in total. The fraction of sp³-hybridized carbons (Fsp3) is 0.318. The molecule has 0 spiro atoms. The monoisotopic (exact) mass is 423 g/mol. The SMILES string of the molecule is Cn1c(-c2ccccc2F)nn(CN2CCC[C@@H](c3nc4ccccc4o3)C2)c1=S. The van der Waals surface area contributed by atoms with E-state index in [9.17, 15) is 4.39 Å². The number of halogens is 1. The van der Waals surface area contributed by atoms with Gasteiger partial charge in [0.2, 0.25) is 0 Å². The molecule has 1 fully saturated rings. The standard InChI is InChI=1S/C22H22FN5OS/c1-26-20(16-8-2-3-9-17(16)23)25-28(22(26)30)14-27-12-6-7-15(13-27)21-24-18-10-4-5-11-19(18)29-21/h2-5,8-11,15H,6-7,12-14H2,1H3/t15-/m1/s1. The number of para-hydroxylation sites is 2. The Hall–Kier alpha value is -2.84. The molecule has 1 saturated heterocycles. The van der Waals surface area contributed by atoms with Crippen LogP contribution in [0.3, 0.4) is 0 Å². The largest absolute Gasteiger partial charge is 0.440 e. The number of hydrogen-bond acceptors (Lipinski definition) is 5. The molecule has 2 aromatic heterocycles. The van der Waals surface area contributed by atoms with E-state index in [0.29, 0.717) is 22.8 Å². The van der Waals surface area contributed by atoms with Gasteiger partial charge in [0.1, 0.15) is 11.3 Å². The Bertz CT molecular complexity index is 1230. The van der Waals surface area contributed by atoms with Crippen LogP contribution in [0.15, 0.2) is 52.9 Å². The average Bonchev–Trinajstić information content (AvgIpc) is 3.31. The van der Waals surface area contributed by atoms with Gasteiger partial charge in [-0.1, -0.05) is 24.3 Å². The molecule has 1 atom stereocenters. The highest BCUT2D eigenvalue weighted by Gasteiger charge is 2.26. The first-order chi connectivity index (χ1) is 14.6. The molecular weight excluding hydrogens is 401 g/mol. The number of oxazole rings is 1. The quantitative estimate of drug-likeness (QED) is 0.444. The van der Waals surface area contributed by atoms with Gasteiger partial charge in [0.15, 0.2) is 22.1 Å². The average molecular weight is 424 g/mol. The van der Waals surface area contributed by atoms with Gasteiger partial charge in [-0.15, -0.1) is 0 Å². The summed E-state index contributed by atoms with van der Waals surface area (Å²) >= 11 is 5.58. The molecule has 0 unspecified atom stereocenters. The van der Waals surface area contributed by atoms with Crippen molar-refractivity contribution >= 4 is 23.3 Å². The molecule has 6 nitrogen and oxygen atoms in total. The van der Waals surface area contributed by atoms with Crippen molar-refractivity contribution in [1.82, 2.24) is 24.2 Å². The lowest BCUT2D eigenvalue weighted by Crippen LogP contribution is -2.36. The van der Waals surface area contributed by atoms with Crippen molar-refractivity contribution < 1.29 is 8.81 Å². The van der Waals surface area contributed by atoms with Gasteiger partial charge in [-0.2, -0.15) is 5.10 Å². The highest BCUT2D eigenvalue weighted by Crippen LogP contribution is 2.29. The lowest BCUT2D eigenvalue weighted by Gasteiger charge is -2.30. The van der Waals surface area contributed by atoms with Gasteiger partial charge in [0, 0.05) is 19.5 Å². The van der Waals surface area contributed by atoms with E-state index in [1.165, 1.54) is 6.07 Å². The molecular formula is C22H22FN5OS. The molecule has 0 amide bonds. The van der Waals surface area contributed by atoms with Gasteiger partial charge >= 0.3 is 0 Å². The molecule has 4 aromatic rings. The van der Waals surface area contributed by atoms with E-state index in [0.717, 1.165) is 42.9 Å². The number of hydrogen-bond donors (Lipinski definition) is 0. The summed E-state index contributed by atoms with van der Waals surface area (Å²) in [4.78, 5) is 6.98. The summed E-state index contributed by atoms with van der Waals surface area (Å²) in [6.45, 7) is 2.32. The van der Waals surface area contributed by atoms with E-state index >= 15 is 0 Å². The van der Waals surface area contributed by atoms with E-state index in [4.69, 9.17) is 16.6 Å².